The molecule has 1 saturated heterocycles. The molecule has 0 radical (unpaired) electrons. The molecule has 0 bridgehead atoms. The molecule has 0 spiro atoms. The first kappa shape index (κ1) is 18.6. The Morgan fingerprint density at radius 3 is 2.81 bits per heavy atom. The van der Waals surface area contributed by atoms with Gasteiger partial charge in [0.05, 0.1) is 32.4 Å². The number of aromatic nitrogens is 2. The molecule has 1 aliphatic heterocycles. The molecule has 2 aromatic rings. The fraction of sp³-hybridized carbons (Fsp3) is 0.389. The summed E-state index contributed by atoms with van der Waals surface area (Å²) in [6.45, 7) is 5.17. The van der Waals surface area contributed by atoms with E-state index in [0.29, 0.717) is 34.8 Å². The van der Waals surface area contributed by atoms with Gasteiger partial charge in [0, 0.05) is 29.3 Å². The van der Waals surface area contributed by atoms with Crippen LogP contribution in [-0.2, 0) is 11.3 Å². The smallest absolute Gasteiger partial charge is 0.252 e. The number of carbonyl (C=O) groups excluding carboxylic acids is 1. The summed E-state index contributed by atoms with van der Waals surface area (Å²) in [5.41, 5.74) is 1.37. The number of aryl methyl sites for hydroxylation is 1. The SMILES string of the molecule is COc1ccc(Br)c(C(=O)NCc2nc(C)cc(N3CCOCC3)n2)c1. The number of rotatable bonds is 5. The van der Waals surface area contributed by atoms with Crippen LogP contribution in [0.3, 0.4) is 0 Å². The second-order valence-corrected chi connectivity index (χ2v) is 6.77. The van der Waals surface area contributed by atoms with Gasteiger partial charge in [0.25, 0.3) is 5.91 Å². The van der Waals surface area contributed by atoms with Crippen molar-refractivity contribution >= 4 is 27.7 Å². The molecule has 1 N–H and O–H groups in total. The van der Waals surface area contributed by atoms with E-state index in [4.69, 9.17) is 9.47 Å². The number of methoxy groups -OCH3 is 1. The van der Waals surface area contributed by atoms with Crippen molar-refractivity contribution in [3.63, 3.8) is 0 Å². The van der Waals surface area contributed by atoms with Gasteiger partial charge in [-0.15, -0.1) is 0 Å². The van der Waals surface area contributed by atoms with Crippen molar-refractivity contribution in [1.82, 2.24) is 15.3 Å². The zero-order valence-corrected chi connectivity index (χ0v) is 16.4. The quantitative estimate of drug-likeness (QED) is 0.799. The number of hydrogen-bond donors (Lipinski definition) is 1. The van der Waals surface area contributed by atoms with Gasteiger partial charge in [0.2, 0.25) is 0 Å². The number of morpholine rings is 1. The van der Waals surface area contributed by atoms with Gasteiger partial charge in [0.1, 0.15) is 17.4 Å². The number of halogens is 1. The van der Waals surface area contributed by atoms with E-state index in [1.165, 1.54) is 0 Å². The Kier molecular flexibility index (Phi) is 6.05. The molecule has 1 aromatic carbocycles. The number of nitrogens with one attached hydrogen (secondary N) is 1. The van der Waals surface area contributed by atoms with E-state index < -0.39 is 0 Å². The maximum atomic E-state index is 12.5. The number of anilines is 1. The van der Waals surface area contributed by atoms with Gasteiger partial charge in [-0.3, -0.25) is 4.79 Å². The van der Waals surface area contributed by atoms with Crippen LogP contribution in [0.2, 0.25) is 0 Å². The minimum atomic E-state index is -0.214. The second kappa shape index (κ2) is 8.46. The summed E-state index contributed by atoms with van der Waals surface area (Å²) >= 11 is 3.40. The van der Waals surface area contributed by atoms with Gasteiger partial charge in [-0.05, 0) is 41.1 Å². The Bertz CT molecular complexity index is 794. The minimum absolute atomic E-state index is 0.214. The van der Waals surface area contributed by atoms with Crippen molar-refractivity contribution in [2.24, 2.45) is 0 Å². The van der Waals surface area contributed by atoms with Crippen molar-refractivity contribution in [1.29, 1.82) is 0 Å². The first-order chi connectivity index (χ1) is 12.6. The Balaban J connectivity index is 1.71. The van der Waals surface area contributed by atoms with Gasteiger partial charge in [0.15, 0.2) is 0 Å². The molecule has 0 unspecified atom stereocenters. The standard InChI is InChI=1S/C18H21BrN4O3/c1-12-9-17(23-5-7-26-8-6-23)22-16(21-12)11-20-18(24)14-10-13(25-2)3-4-15(14)19/h3-4,9-10H,5-8,11H2,1-2H3,(H,20,24). The summed E-state index contributed by atoms with van der Waals surface area (Å²) in [4.78, 5) is 23.7. The molecule has 8 heteroatoms. The van der Waals surface area contributed by atoms with Gasteiger partial charge < -0.3 is 19.7 Å². The predicted octanol–water partition coefficient (Wildman–Crippen LogP) is 2.32. The van der Waals surface area contributed by atoms with Crippen molar-refractivity contribution in [3.05, 3.63) is 45.8 Å². The molecule has 0 aliphatic carbocycles. The molecule has 1 aliphatic rings. The third-order valence-corrected chi connectivity index (χ3v) is 4.74. The third-order valence-electron chi connectivity index (χ3n) is 4.05. The molecular weight excluding hydrogens is 400 g/mol. The van der Waals surface area contributed by atoms with Crippen molar-refractivity contribution in [3.8, 4) is 5.75 Å². The first-order valence-corrected chi connectivity index (χ1v) is 9.15. The van der Waals surface area contributed by atoms with Crippen LogP contribution in [0, 0.1) is 6.92 Å². The fourth-order valence-corrected chi connectivity index (χ4v) is 3.13. The summed E-state index contributed by atoms with van der Waals surface area (Å²) in [6, 6.07) is 7.22. The van der Waals surface area contributed by atoms with Crippen LogP contribution in [-0.4, -0.2) is 49.3 Å². The van der Waals surface area contributed by atoms with Crippen molar-refractivity contribution in [2.45, 2.75) is 13.5 Å². The highest BCUT2D eigenvalue weighted by atomic mass is 79.9. The van der Waals surface area contributed by atoms with Crippen LogP contribution in [0.25, 0.3) is 0 Å². The Labute approximate surface area is 160 Å². The van der Waals surface area contributed by atoms with Crippen LogP contribution in [0.4, 0.5) is 5.82 Å². The van der Waals surface area contributed by atoms with Crippen LogP contribution in [0.1, 0.15) is 21.9 Å². The van der Waals surface area contributed by atoms with E-state index in [1.807, 2.05) is 13.0 Å². The molecular formula is C18H21BrN4O3. The zero-order chi connectivity index (χ0) is 18.5. The monoisotopic (exact) mass is 420 g/mol. The first-order valence-electron chi connectivity index (χ1n) is 8.36. The molecule has 3 rings (SSSR count). The Morgan fingerprint density at radius 1 is 1.31 bits per heavy atom. The predicted molar refractivity (Wildman–Crippen MR) is 102 cm³/mol. The highest BCUT2D eigenvalue weighted by Gasteiger charge is 2.15. The van der Waals surface area contributed by atoms with E-state index in [1.54, 1.807) is 25.3 Å². The topological polar surface area (TPSA) is 76.6 Å². The molecule has 7 nitrogen and oxygen atoms in total. The molecule has 1 amide bonds. The normalized spacial score (nSPS) is 14.2. The van der Waals surface area contributed by atoms with Crippen LogP contribution in [0.5, 0.6) is 5.75 Å². The second-order valence-electron chi connectivity index (χ2n) is 5.91. The van der Waals surface area contributed by atoms with E-state index in [0.717, 1.165) is 24.6 Å². The lowest BCUT2D eigenvalue weighted by Gasteiger charge is -2.28. The largest absolute Gasteiger partial charge is 0.497 e. The average Bonchev–Trinajstić information content (AvgIpc) is 2.67. The van der Waals surface area contributed by atoms with E-state index >= 15 is 0 Å². The number of benzene rings is 1. The Morgan fingerprint density at radius 2 is 2.08 bits per heavy atom. The number of carbonyl (C=O) groups is 1. The summed E-state index contributed by atoms with van der Waals surface area (Å²) < 4.78 is 11.3. The number of nitrogens with zero attached hydrogens (tertiary/aromatic N) is 3. The average molecular weight is 421 g/mol. The van der Waals surface area contributed by atoms with E-state index in [2.05, 4.69) is 36.1 Å². The van der Waals surface area contributed by atoms with Gasteiger partial charge in [-0.1, -0.05) is 0 Å². The maximum Gasteiger partial charge on any atom is 0.252 e. The number of amides is 1. The fourth-order valence-electron chi connectivity index (χ4n) is 2.71. The molecule has 1 fully saturated rings. The molecule has 0 saturated carbocycles. The lowest BCUT2D eigenvalue weighted by molar-refractivity contribution is 0.0948. The van der Waals surface area contributed by atoms with Crippen LogP contribution >= 0.6 is 15.9 Å². The molecule has 138 valence electrons. The minimum Gasteiger partial charge on any atom is -0.497 e. The maximum absolute atomic E-state index is 12.5. The number of ether oxygens (including phenoxy) is 2. The van der Waals surface area contributed by atoms with Crippen LogP contribution in [0.15, 0.2) is 28.7 Å². The van der Waals surface area contributed by atoms with Gasteiger partial charge in [-0.25, -0.2) is 9.97 Å². The van der Waals surface area contributed by atoms with Crippen LogP contribution < -0.4 is 15.0 Å². The summed E-state index contributed by atoms with van der Waals surface area (Å²) in [5, 5.41) is 2.87. The van der Waals surface area contributed by atoms with Gasteiger partial charge in [-0.2, -0.15) is 0 Å². The zero-order valence-electron chi connectivity index (χ0n) is 14.8. The molecule has 2 heterocycles. The summed E-state index contributed by atoms with van der Waals surface area (Å²) in [7, 11) is 1.57. The molecule has 0 atom stereocenters. The lowest BCUT2D eigenvalue weighted by atomic mass is 10.2. The highest BCUT2D eigenvalue weighted by Crippen LogP contribution is 2.22. The highest BCUT2D eigenvalue weighted by molar-refractivity contribution is 9.10. The summed E-state index contributed by atoms with van der Waals surface area (Å²) in [6.07, 6.45) is 0. The summed E-state index contributed by atoms with van der Waals surface area (Å²) in [5.74, 6) is 1.86. The lowest BCUT2D eigenvalue weighted by Crippen LogP contribution is -2.37. The van der Waals surface area contributed by atoms with Crippen molar-refractivity contribution in [2.75, 3.05) is 38.3 Å². The molecule has 1 aromatic heterocycles. The third kappa shape index (κ3) is 4.50. The molecule has 26 heavy (non-hydrogen) atoms. The van der Waals surface area contributed by atoms with Gasteiger partial charge >= 0.3 is 0 Å². The van der Waals surface area contributed by atoms with Crippen molar-refractivity contribution < 1.29 is 14.3 Å². The van der Waals surface area contributed by atoms with E-state index in [9.17, 15) is 4.79 Å². The van der Waals surface area contributed by atoms with E-state index in [-0.39, 0.29) is 12.5 Å². The number of hydrogen-bond acceptors (Lipinski definition) is 6. The Hall–Kier alpha value is -2.19.